The van der Waals surface area contributed by atoms with Crippen LogP contribution in [0.3, 0.4) is 0 Å². The van der Waals surface area contributed by atoms with Crippen molar-refractivity contribution in [2.75, 3.05) is 51.2 Å². The van der Waals surface area contributed by atoms with Gasteiger partial charge in [0.2, 0.25) is 6.29 Å². The lowest BCUT2D eigenvalue weighted by molar-refractivity contribution is 0.0841. The Kier molecular flexibility index (Phi) is 5.11. The van der Waals surface area contributed by atoms with E-state index in [0.29, 0.717) is 29.5 Å². The Hall–Kier alpha value is -4.03. The number of hydrogen-bond acceptors (Lipinski definition) is 10. The number of anilines is 1. The molecule has 4 aliphatic heterocycles. The van der Waals surface area contributed by atoms with Crippen molar-refractivity contribution in [3.63, 3.8) is 0 Å². The molecule has 3 N–H and O–H groups in total. The lowest BCUT2D eigenvalue weighted by Crippen LogP contribution is -2.49. The van der Waals surface area contributed by atoms with Gasteiger partial charge in [0, 0.05) is 52.0 Å². The highest BCUT2D eigenvalue weighted by molar-refractivity contribution is 6.12. The Morgan fingerprint density at radius 2 is 1.89 bits per heavy atom. The molecule has 2 aromatic rings. The van der Waals surface area contributed by atoms with Crippen LogP contribution in [0.4, 0.5) is 10.5 Å². The number of hydrogen-bond donors (Lipinski definition) is 2. The van der Waals surface area contributed by atoms with Crippen molar-refractivity contribution < 1.29 is 14.3 Å². The number of amidine groups is 1. The number of carbonyl (C=O) groups is 1. The molecule has 4 aliphatic rings. The average molecular weight is 478 g/mol. The van der Waals surface area contributed by atoms with Crippen molar-refractivity contribution in [3.8, 4) is 5.75 Å². The van der Waals surface area contributed by atoms with Crippen molar-refractivity contribution in [2.24, 2.45) is 15.8 Å². The smallest absolute Gasteiger partial charge is 0.341 e. The third kappa shape index (κ3) is 3.58. The van der Waals surface area contributed by atoms with E-state index in [4.69, 9.17) is 15.3 Å². The molecule has 0 spiro atoms. The van der Waals surface area contributed by atoms with Crippen LogP contribution in [0.1, 0.15) is 5.76 Å². The van der Waals surface area contributed by atoms with Gasteiger partial charge >= 0.3 is 6.03 Å². The fourth-order valence-electron chi connectivity index (χ4n) is 4.91. The molecule has 1 aromatic carbocycles. The van der Waals surface area contributed by atoms with Gasteiger partial charge in [-0.05, 0) is 36.4 Å². The number of aromatic hydroxyl groups is 1. The van der Waals surface area contributed by atoms with Gasteiger partial charge in [-0.3, -0.25) is 9.80 Å². The first-order valence-corrected chi connectivity index (χ1v) is 11.6. The van der Waals surface area contributed by atoms with Gasteiger partial charge in [0.25, 0.3) is 0 Å². The molecule has 2 amide bonds. The zero-order valence-corrected chi connectivity index (χ0v) is 19.4. The summed E-state index contributed by atoms with van der Waals surface area (Å²) in [6, 6.07) is 10.8. The number of phenolic OH excluding ortho intramolecular Hbond substituents is 1. The number of rotatable bonds is 5. The normalized spacial score (nSPS) is 22.3. The zero-order valence-electron chi connectivity index (χ0n) is 19.4. The summed E-state index contributed by atoms with van der Waals surface area (Å²) < 4.78 is 5.57. The number of nitrogens with zero attached hydrogens (tertiary/aromatic N) is 8. The summed E-state index contributed by atoms with van der Waals surface area (Å²) in [6.07, 6.45) is 2.57. The molecule has 1 aromatic heterocycles. The number of amides is 2. The molecule has 5 heterocycles. The van der Waals surface area contributed by atoms with Crippen molar-refractivity contribution in [1.29, 1.82) is 0 Å². The first kappa shape index (κ1) is 21.5. The van der Waals surface area contributed by atoms with Crippen LogP contribution >= 0.6 is 0 Å². The summed E-state index contributed by atoms with van der Waals surface area (Å²) in [4.78, 5) is 28.8. The van der Waals surface area contributed by atoms with E-state index in [1.54, 1.807) is 41.4 Å². The first-order chi connectivity index (χ1) is 17.0. The minimum atomic E-state index is -0.520. The van der Waals surface area contributed by atoms with E-state index in [0.717, 1.165) is 38.4 Å². The Bertz CT molecular complexity index is 1200. The first-order valence-electron chi connectivity index (χ1n) is 11.6. The largest absolute Gasteiger partial charge is 0.508 e. The predicted octanol–water partition coefficient (Wildman–Crippen LogP) is 0.974. The van der Waals surface area contributed by atoms with Crippen LogP contribution in [0.25, 0.3) is 5.70 Å². The molecule has 35 heavy (non-hydrogen) atoms. The molecule has 0 radical (unpaired) electrons. The maximum absolute atomic E-state index is 13.2. The molecule has 2 fully saturated rings. The molecule has 0 aliphatic carbocycles. The summed E-state index contributed by atoms with van der Waals surface area (Å²) in [5.74, 6) is 7.54. The number of hydrazine groups is 2. The van der Waals surface area contributed by atoms with E-state index in [1.165, 1.54) is 11.3 Å². The van der Waals surface area contributed by atoms with E-state index in [1.807, 2.05) is 23.2 Å². The standard InChI is InChI=1S/C23H27N9O3/c1-27-23(34)30(13-10-28-8-11-29(12-9-28)16-4-6-17(33)7-5-16)22-26-21-20(32(22)27)19(25-15-31(21)24)18-3-2-14-35-18/h2-7,14-15,22,33H,8-13,24H2,1H3. The summed E-state index contributed by atoms with van der Waals surface area (Å²) in [5, 5.41) is 14.3. The number of aliphatic imine (C=N–C) groups is 2. The minimum absolute atomic E-state index is 0.120. The van der Waals surface area contributed by atoms with Gasteiger partial charge in [0.1, 0.15) is 23.5 Å². The van der Waals surface area contributed by atoms with Crippen molar-refractivity contribution in [2.45, 2.75) is 6.29 Å². The molecule has 1 unspecified atom stereocenters. The number of urea groups is 1. The van der Waals surface area contributed by atoms with Crippen LogP contribution in [-0.2, 0) is 0 Å². The average Bonchev–Trinajstić information content (AvgIpc) is 3.58. The van der Waals surface area contributed by atoms with Gasteiger partial charge in [0.05, 0.1) is 6.26 Å². The van der Waals surface area contributed by atoms with E-state index < -0.39 is 6.29 Å². The molecular formula is C23H27N9O3. The zero-order chi connectivity index (χ0) is 24.1. The Balaban J connectivity index is 1.15. The highest BCUT2D eigenvalue weighted by Crippen LogP contribution is 2.38. The minimum Gasteiger partial charge on any atom is -0.508 e. The summed E-state index contributed by atoms with van der Waals surface area (Å²) in [6.45, 7) is 4.82. The van der Waals surface area contributed by atoms with Crippen LogP contribution < -0.4 is 10.7 Å². The molecule has 2 saturated heterocycles. The van der Waals surface area contributed by atoms with Gasteiger partial charge in [0.15, 0.2) is 11.6 Å². The molecular weight excluding hydrogens is 450 g/mol. The van der Waals surface area contributed by atoms with E-state index in [2.05, 4.69) is 14.8 Å². The molecule has 0 bridgehead atoms. The van der Waals surface area contributed by atoms with E-state index in [9.17, 15) is 9.90 Å². The topological polar surface area (TPSA) is 121 Å². The molecule has 12 nitrogen and oxygen atoms in total. The summed E-state index contributed by atoms with van der Waals surface area (Å²) >= 11 is 0. The number of piperazine rings is 1. The number of furan rings is 1. The third-order valence-corrected chi connectivity index (χ3v) is 6.80. The lowest BCUT2D eigenvalue weighted by Gasteiger charge is -2.36. The molecule has 1 atom stereocenters. The quantitative estimate of drug-likeness (QED) is 0.612. The highest BCUT2D eigenvalue weighted by atomic mass is 16.3. The summed E-state index contributed by atoms with van der Waals surface area (Å²) in [7, 11) is 1.73. The second kappa shape index (κ2) is 8.32. The maximum atomic E-state index is 13.2. The van der Waals surface area contributed by atoms with Gasteiger partial charge in [-0.15, -0.1) is 0 Å². The lowest BCUT2D eigenvalue weighted by atomic mass is 10.2. The molecule has 6 rings (SSSR count). The fourth-order valence-corrected chi connectivity index (χ4v) is 4.91. The second-order valence-electron chi connectivity index (χ2n) is 8.81. The van der Waals surface area contributed by atoms with Crippen LogP contribution in [-0.4, -0.2) is 101 Å². The third-order valence-electron chi connectivity index (χ3n) is 6.80. The number of phenols is 1. The van der Waals surface area contributed by atoms with E-state index in [-0.39, 0.29) is 11.8 Å². The van der Waals surface area contributed by atoms with Crippen molar-refractivity contribution in [1.82, 2.24) is 24.8 Å². The molecule has 0 saturated carbocycles. The van der Waals surface area contributed by atoms with Gasteiger partial charge < -0.3 is 14.4 Å². The SMILES string of the molecule is CN1C(=O)N(CCN2CCN(c3ccc(O)cc3)CC2)C2N=C3C(=C(c4ccco4)N=CN3N)N21. The van der Waals surface area contributed by atoms with Gasteiger partial charge in [-0.2, -0.15) is 0 Å². The van der Waals surface area contributed by atoms with Gasteiger partial charge in [-0.25, -0.2) is 35.6 Å². The number of carbonyl (C=O) groups excluding carboxylic acids is 1. The Morgan fingerprint density at radius 3 is 2.60 bits per heavy atom. The van der Waals surface area contributed by atoms with E-state index >= 15 is 0 Å². The highest BCUT2D eigenvalue weighted by Gasteiger charge is 2.51. The predicted molar refractivity (Wildman–Crippen MR) is 130 cm³/mol. The van der Waals surface area contributed by atoms with Crippen LogP contribution in [0.5, 0.6) is 5.75 Å². The Labute approximate surface area is 202 Å². The molecule has 182 valence electrons. The fraction of sp³-hybridized carbons (Fsp3) is 0.348. The summed E-state index contributed by atoms with van der Waals surface area (Å²) in [5.41, 5.74) is 2.34. The number of benzene rings is 1. The Morgan fingerprint density at radius 1 is 1.11 bits per heavy atom. The molecule has 12 heteroatoms. The van der Waals surface area contributed by atoms with Crippen LogP contribution in [0, 0.1) is 0 Å². The van der Waals surface area contributed by atoms with Crippen molar-refractivity contribution in [3.05, 3.63) is 54.1 Å². The van der Waals surface area contributed by atoms with Crippen LogP contribution in [0.15, 0.2) is 62.8 Å². The monoisotopic (exact) mass is 477 g/mol. The maximum Gasteiger partial charge on any atom is 0.341 e. The second-order valence-corrected chi connectivity index (χ2v) is 8.81. The van der Waals surface area contributed by atoms with Crippen LogP contribution in [0.2, 0.25) is 0 Å². The van der Waals surface area contributed by atoms with Gasteiger partial charge in [-0.1, -0.05) is 0 Å². The van der Waals surface area contributed by atoms with Crippen molar-refractivity contribution >= 4 is 29.6 Å². The number of fused-ring (bicyclic) bond motifs is 3. The number of nitrogens with two attached hydrogens (primary N) is 1.